The number of nitrogens with one attached hydrogen (secondary N) is 1. The zero-order valence-electron chi connectivity index (χ0n) is 19.5. The van der Waals surface area contributed by atoms with Gasteiger partial charge in [-0.15, -0.1) is 0 Å². The first-order valence-corrected chi connectivity index (χ1v) is 12.4. The standard InChI is InChI=1S/C23H43N5O3/c1-2-24-23(25-9-6-16-31-20-21-7-17-30-18-8-21)28-14-12-26(13-15-28)19-22(29)27-10-4-3-5-11-27/h21H,2-20H2,1H3,(H,24,25). The van der Waals surface area contributed by atoms with Crippen LogP contribution in [-0.2, 0) is 14.3 Å². The molecule has 0 aromatic heterocycles. The van der Waals surface area contributed by atoms with Gasteiger partial charge in [0.2, 0.25) is 5.91 Å². The average molecular weight is 438 g/mol. The molecule has 3 rings (SSSR count). The molecule has 8 heteroatoms. The Balaban J connectivity index is 1.32. The van der Waals surface area contributed by atoms with Gasteiger partial charge in [0.05, 0.1) is 6.54 Å². The third kappa shape index (κ3) is 8.58. The summed E-state index contributed by atoms with van der Waals surface area (Å²) in [4.78, 5) is 24.0. The molecule has 0 saturated carbocycles. The van der Waals surface area contributed by atoms with Crippen molar-refractivity contribution in [3.63, 3.8) is 0 Å². The van der Waals surface area contributed by atoms with E-state index in [1.165, 1.54) is 6.42 Å². The molecule has 0 aromatic carbocycles. The lowest BCUT2D eigenvalue weighted by molar-refractivity contribution is -0.133. The molecule has 1 N–H and O–H groups in total. The molecule has 0 bridgehead atoms. The first-order valence-electron chi connectivity index (χ1n) is 12.4. The maximum Gasteiger partial charge on any atom is 0.236 e. The molecule has 8 nitrogen and oxygen atoms in total. The first kappa shape index (κ1) is 24.3. The molecule has 3 saturated heterocycles. The fraction of sp³-hybridized carbons (Fsp3) is 0.913. The van der Waals surface area contributed by atoms with E-state index in [-0.39, 0.29) is 0 Å². The zero-order chi connectivity index (χ0) is 21.7. The number of ether oxygens (including phenoxy) is 2. The maximum atomic E-state index is 12.5. The highest BCUT2D eigenvalue weighted by Gasteiger charge is 2.24. The van der Waals surface area contributed by atoms with Gasteiger partial charge in [-0.25, -0.2) is 0 Å². The lowest BCUT2D eigenvalue weighted by atomic mass is 10.0. The van der Waals surface area contributed by atoms with Crippen molar-refractivity contribution in [2.24, 2.45) is 10.9 Å². The minimum Gasteiger partial charge on any atom is -0.381 e. The summed E-state index contributed by atoms with van der Waals surface area (Å²) < 4.78 is 11.3. The van der Waals surface area contributed by atoms with E-state index in [0.29, 0.717) is 18.4 Å². The van der Waals surface area contributed by atoms with Gasteiger partial charge in [-0.05, 0) is 51.4 Å². The Morgan fingerprint density at radius 3 is 2.48 bits per heavy atom. The molecule has 3 aliphatic rings. The molecular weight excluding hydrogens is 394 g/mol. The topological polar surface area (TPSA) is 69.6 Å². The predicted octanol–water partition coefficient (Wildman–Crippen LogP) is 1.42. The monoisotopic (exact) mass is 437 g/mol. The molecule has 31 heavy (non-hydrogen) atoms. The number of amides is 1. The number of rotatable bonds is 9. The number of piperazine rings is 1. The number of likely N-dealkylation sites (tertiary alicyclic amines) is 1. The average Bonchev–Trinajstić information content (AvgIpc) is 2.82. The summed E-state index contributed by atoms with van der Waals surface area (Å²) in [5, 5.41) is 3.43. The molecule has 3 heterocycles. The van der Waals surface area contributed by atoms with Crippen LogP contribution in [0, 0.1) is 5.92 Å². The summed E-state index contributed by atoms with van der Waals surface area (Å²) in [6.45, 7) is 13.2. The fourth-order valence-corrected chi connectivity index (χ4v) is 4.49. The predicted molar refractivity (Wildman–Crippen MR) is 123 cm³/mol. The quantitative estimate of drug-likeness (QED) is 0.334. The molecule has 0 atom stereocenters. The summed E-state index contributed by atoms with van der Waals surface area (Å²) in [5.41, 5.74) is 0. The molecule has 0 unspecified atom stereocenters. The summed E-state index contributed by atoms with van der Waals surface area (Å²) in [7, 11) is 0. The number of hydrogen-bond acceptors (Lipinski definition) is 5. The van der Waals surface area contributed by atoms with E-state index in [1.807, 2.05) is 4.90 Å². The Hall–Kier alpha value is -1.38. The van der Waals surface area contributed by atoms with Gasteiger partial charge < -0.3 is 24.6 Å². The second-order valence-corrected chi connectivity index (χ2v) is 8.92. The van der Waals surface area contributed by atoms with Crippen molar-refractivity contribution in [3.8, 4) is 0 Å². The van der Waals surface area contributed by atoms with E-state index < -0.39 is 0 Å². The molecule has 0 aliphatic carbocycles. The van der Waals surface area contributed by atoms with Crippen LogP contribution in [0.15, 0.2) is 4.99 Å². The van der Waals surface area contributed by atoms with Gasteiger partial charge in [0.15, 0.2) is 5.96 Å². The number of aliphatic imine (C=N–C) groups is 1. The maximum absolute atomic E-state index is 12.5. The molecule has 0 radical (unpaired) electrons. The highest BCUT2D eigenvalue weighted by molar-refractivity contribution is 5.80. The van der Waals surface area contributed by atoms with Gasteiger partial charge in [-0.2, -0.15) is 0 Å². The fourth-order valence-electron chi connectivity index (χ4n) is 4.49. The van der Waals surface area contributed by atoms with Crippen LogP contribution in [0.3, 0.4) is 0 Å². The van der Waals surface area contributed by atoms with Crippen LogP contribution < -0.4 is 5.32 Å². The van der Waals surface area contributed by atoms with E-state index in [4.69, 9.17) is 14.5 Å². The van der Waals surface area contributed by atoms with Crippen molar-refractivity contribution in [2.45, 2.75) is 45.4 Å². The Kier molecular flexibility index (Phi) is 10.9. The minimum absolute atomic E-state index is 0.300. The summed E-state index contributed by atoms with van der Waals surface area (Å²) in [5.74, 6) is 1.95. The van der Waals surface area contributed by atoms with E-state index in [0.717, 1.165) is 117 Å². The van der Waals surface area contributed by atoms with Crippen molar-refractivity contribution >= 4 is 11.9 Å². The number of carbonyl (C=O) groups is 1. The molecule has 3 aliphatic heterocycles. The highest BCUT2D eigenvalue weighted by Crippen LogP contribution is 2.14. The van der Waals surface area contributed by atoms with Crippen molar-refractivity contribution in [3.05, 3.63) is 0 Å². The van der Waals surface area contributed by atoms with Crippen LogP contribution in [0.1, 0.15) is 45.4 Å². The number of carbonyl (C=O) groups excluding carboxylic acids is 1. The second-order valence-electron chi connectivity index (χ2n) is 8.92. The van der Waals surface area contributed by atoms with E-state index in [2.05, 4.69) is 22.0 Å². The second kappa shape index (κ2) is 13.9. The van der Waals surface area contributed by atoms with E-state index in [9.17, 15) is 4.79 Å². The first-order chi connectivity index (χ1) is 15.3. The normalized spacial score (nSPS) is 22.0. The van der Waals surface area contributed by atoms with Crippen molar-refractivity contribution < 1.29 is 14.3 Å². The Bertz CT molecular complexity index is 539. The number of hydrogen-bond donors (Lipinski definition) is 1. The molecule has 1 amide bonds. The van der Waals surface area contributed by atoms with Gasteiger partial charge in [0, 0.05) is 78.8 Å². The van der Waals surface area contributed by atoms with Crippen molar-refractivity contribution in [2.75, 3.05) is 85.3 Å². The molecule has 178 valence electrons. The Morgan fingerprint density at radius 2 is 1.77 bits per heavy atom. The summed E-state index contributed by atoms with van der Waals surface area (Å²) >= 11 is 0. The molecule has 3 fully saturated rings. The van der Waals surface area contributed by atoms with Gasteiger partial charge in [-0.1, -0.05) is 0 Å². The number of guanidine groups is 1. The number of piperidine rings is 1. The molecular formula is C23H43N5O3. The van der Waals surface area contributed by atoms with Crippen molar-refractivity contribution in [1.82, 2.24) is 20.0 Å². The van der Waals surface area contributed by atoms with Gasteiger partial charge in [0.25, 0.3) is 0 Å². The van der Waals surface area contributed by atoms with Crippen LogP contribution in [0.2, 0.25) is 0 Å². The third-order valence-corrected chi connectivity index (χ3v) is 6.48. The van der Waals surface area contributed by atoms with Crippen LogP contribution in [-0.4, -0.2) is 112 Å². The van der Waals surface area contributed by atoms with Gasteiger partial charge in [0.1, 0.15) is 0 Å². The summed E-state index contributed by atoms with van der Waals surface area (Å²) in [6.07, 6.45) is 6.77. The molecule has 0 spiro atoms. The largest absolute Gasteiger partial charge is 0.381 e. The Morgan fingerprint density at radius 1 is 1.03 bits per heavy atom. The lowest BCUT2D eigenvalue weighted by Gasteiger charge is -2.37. The molecule has 0 aromatic rings. The van der Waals surface area contributed by atoms with Crippen LogP contribution in [0.25, 0.3) is 0 Å². The van der Waals surface area contributed by atoms with Gasteiger partial charge in [-0.3, -0.25) is 14.7 Å². The smallest absolute Gasteiger partial charge is 0.236 e. The van der Waals surface area contributed by atoms with E-state index >= 15 is 0 Å². The minimum atomic E-state index is 0.300. The summed E-state index contributed by atoms with van der Waals surface area (Å²) in [6, 6.07) is 0. The van der Waals surface area contributed by atoms with Crippen LogP contribution in [0.4, 0.5) is 0 Å². The zero-order valence-corrected chi connectivity index (χ0v) is 19.5. The lowest BCUT2D eigenvalue weighted by Crippen LogP contribution is -2.54. The van der Waals surface area contributed by atoms with E-state index in [1.54, 1.807) is 0 Å². The number of nitrogens with zero attached hydrogens (tertiary/aromatic N) is 4. The Labute approximate surface area is 188 Å². The van der Waals surface area contributed by atoms with Crippen LogP contribution >= 0.6 is 0 Å². The van der Waals surface area contributed by atoms with Crippen LogP contribution in [0.5, 0.6) is 0 Å². The van der Waals surface area contributed by atoms with Gasteiger partial charge >= 0.3 is 0 Å². The highest BCUT2D eigenvalue weighted by atomic mass is 16.5. The third-order valence-electron chi connectivity index (χ3n) is 6.48. The SMILES string of the molecule is CCNC(=NCCCOCC1CCOCC1)N1CCN(CC(=O)N2CCCCC2)CC1. The van der Waals surface area contributed by atoms with Crippen molar-refractivity contribution in [1.29, 1.82) is 0 Å².